The maximum absolute atomic E-state index is 6.49. The molecule has 18 heavy (non-hydrogen) atoms. The molecule has 0 aromatic heterocycles. The van der Waals surface area contributed by atoms with Gasteiger partial charge in [0.1, 0.15) is 0 Å². The zero-order chi connectivity index (χ0) is 13.1. The molecule has 1 unspecified atom stereocenters. The minimum Gasteiger partial charge on any atom is -0.113 e. The SMILES string of the molecule is CCc1ccc(C(Cl)c2ccc(Br)cc2Cl)cc1. The topological polar surface area (TPSA) is 0 Å². The summed E-state index contributed by atoms with van der Waals surface area (Å²) in [6, 6.07) is 14.1. The zero-order valence-corrected chi connectivity index (χ0v) is 13.1. The van der Waals surface area contributed by atoms with Crippen molar-refractivity contribution in [1.29, 1.82) is 0 Å². The van der Waals surface area contributed by atoms with Gasteiger partial charge in [-0.1, -0.05) is 64.8 Å². The van der Waals surface area contributed by atoms with Gasteiger partial charge in [-0.25, -0.2) is 0 Å². The van der Waals surface area contributed by atoms with Gasteiger partial charge in [0.2, 0.25) is 0 Å². The van der Waals surface area contributed by atoms with Gasteiger partial charge in [0.15, 0.2) is 0 Å². The number of hydrogen-bond acceptors (Lipinski definition) is 0. The second-order valence-corrected chi connectivity index (χ2v) is 5.88. The Labute approximate surface area is 126 Å². The smallest absolute Gasteiger partial charge is 0.0849 e. The summed E-state index contributed by atoms with van der Waals surface area (Å²) in [5.74, 6) is 0. The molecule has 2 aromatic carbocycles. The Morgan fingerprint density at radius 1 is 1.11 bits per heavy atom. The minimum atomic E-state index is -0.212. The molecule has 0 radical (unpaired) electrons. The van der Waals surface area contributed by atoms with Crippen molar-refractivity contribution in [2.24, 2.45) is 0 Å². The Morgan fingerprint density at radius 2 is 1.78 bits per heavy atom. The highest BCUT2D eigenvalue weighted by Gasteiger charge is 2.14. The van der Waals surface area contributed by atoms with Gasteiger partial charge in [-0.3, -0.25) is 0 Å². The van der Waals surface area contributed by atoms with E-state index in [2.05, 4.69) is 47.1 Å². The first-order valence-corrected chi connectivity index (χ1v) is 7.40. The number of alkyl halides is 1. The third kappa shape index (κ3) is 3.09. The van der Waals surface area contributed by atoms with E-state index in [9.17, 15) is 0 Å². The van der Waals surface area contributed by atoms with Crippen LogP contribution in [-0.2, 0) is 6.42 Å². The lowest BCUT2D eigenvalue weighted by atomic mass is 10.0. The van der Waals surface area contributed by atoms with Gasteiger partial charge in [-0.15, -0.1) is 11.6 Å². The molecule has 2 rings (SSSR count). The monoisotopic (exact) mass is 342 g/mol. The molecule has 0 saturated carbocycles. The van der Waals surface area contributed by atoms with Crippen molar-refractivity contribution in [2.75, 3.05) is 0 Å². The van der Waals surface area contributed by atoms with Crippen molar-refractivity contribution >= 4 is 39.1 Å². The number of halogens is 3. The molecule has 0 aliphatic carbocycles. The van der Waals surface area contributed by atoms with Gasteiger partial charge >= 0.3 is 0 Å². The number of aryl methyl sites for hydroxylation is 1. The van der Waals surface area contributed by atoms with Gasteiger partial charge in [-0.05, 0) is 35.2 Å². The Kier molecular flexibility index (Phi) is 4.71. The summed E-state index contributed by atoms with van der Waals surface area (Å²) in [7, 11) is 0. The summed E-state index contributed by atoms with van der Waals surface area (Å²) in [6.07, 6.45) is 1.03. The van der Waals surface area contributed by atoms with Gasteiger partial charge in [0.25, 0.3) is 0 Å². The number of hydrogen-bond donors (Lipinski definition) is 0. The first-order chi connectivity index (χ1) is 8.61. The van der Waals surface area contributed by atoms with Crippen LogP contribution in [0.2, 0.25) is 5.02 Å². The van der Waals surface area contributed by atoms with Crippen molar-refractivity contribution in [3.63, 3.8) is 0 Å². The molecule has 94 valence electrons. The Hall–Kier alpha value is -0.500. The molecule has 0 bridgehead atoms. The highest BCUT2D eigenvalue weighted by Crippen LogP contribution is 2.35. The van der Waals surface area contributed by atoms with Crippen LogP contribution >= 0.6 is 39.1 Å². The van der Waals surface area contributed by atoms with Crippen LogP contribution in [0, 0.1) is 0 Å². The Balaban J connectivity index is 2.31. The average Bonchev–Trinajstić information content (AvgIpc) is 2.38. The molecular formula is C15H13BrCl2. The van der Waals surface area contributed by atoms with Gasteiger partial charge in [-0.2, -0.15) is 0 Å². The van der Waals surface area contributed by atoms with Crippen LogP contribution in [-0.4, -0.2) is 0 Å². The van der Waals surface area contributed by atoms with Crippen molar-refractivity contribution in [3.05, 3.63) is 68.7 Å². The highest BCUT2D eigenvalue weighted by molar-refractivity contribution is 9.10. The molecule has 0 spiro atoms. The van der Waals surface area contributed by atoms with Crippen molar-refractivity contribution < 1.29 is 0 Å². The lowest BCUT2D eigenvalue weighted by Gasteiger charge is -2.13. The molecule has 0 fully saturated rings. The molecule has 0 aliphatic heterocycles. The molecule has 0 aliphatic rings. The van der Waals surface area contributed by atoms with Crippen LogP contribution in [0.1, 0.15) is 29.0 Å². The van der Waals surface area contributed by atoms with Crippen LogP contribution in [0.5, 0.6) is 0 Å². The second-order valence-electron chi connectivity index (χ2n) is 4.12. The summed E-state index contributed by atoms with van der Waals surface area (Å²) in [6.45, 7) is 2.14. The van der Waals surface area contributed by atoms with Gasteiger partial charge in [0.05, 0.1) is 5.38 Å². The number of rotatable bonds is 3. The Morgan fingerprint density at radius 3 is 2.33 bits per heavy atom. The molecule has 0 saturated heterocycles. The quantitative estimate of drug-likeness (QED) is 0.600. The predicted molar refractivity (Wildman–Crippen MR) is 82.7 cm³/mol. The van der Waals surface area contributed by atoms with E-state index in [1.54, 1.807) is 0 Å². The lowest BCUT2D eigenvalue weighted by molar-refractivity contribution is 1.10. The zero-order valence-electron chi connectivity index (χ0n) is 9.96. The third-order valence-electron chi connectivity index (χ3n) is 2.92. The van der Waals surface area contributed by atoms with E-state index in [1.165, 1.54) is 5.56 Å². The minimum absolute atomic E-state index is 0.212. The lowest BCUT2D eigenvalue weighted by Crippen LogP contribution is -1.95. The van der Waals surface area contributed by atoms with Crippen LogP contribution in [0.4, 0.5) is 0 Å². The molecular weight excluding hydrogens is 331 g/mol. The van der Waals surface area contributed by atoms with Gasteiger partial charge in [0, 0.05) is 9.50 Å². The van der Waals surface area contributed by atoms with E-state index in [1.807, 2.05) is 18.2 Å². The largest absolute Gasteiger partial charge is 0.113 e. The summed E-state index contributed by atoms with van der Waals surface area (Å²) in [5, 5.41) is 0.473. The van der Waals surface area contributed by atoms with E-state index in [-0.39, 0.29) is 5.38 Å². The van der Waals surface area contributed by atoms with Crippen molar-refractivity contribution in [2.45, 2.75) is 18.7 Å². The molecule has 1 atom stereocenters. The molecule has 3 heteroatoms. The van der Waals surface area contributed by atoms with Crippen LogP contribution in [0.3, 0.4) is 0 Å². The summed E-state index contributed by atoms with van der Waals surface area (Å²) >= 11 is 16.1. The number of benzene rings is 2. The van der Waals surface area contributed by atoms with E-state index >= 15 is 0 Å². The first-order valence-electron chi connectivity index (χ1n) is 5.79. The highest BCUT2D eigenvalue weighted by atomic mass is 79.9. The van der Waals surface area contributed by atoms with E-state index < -0.39 is 0 Å². The van der Waals surface area contributed by atoms with E-state index in [0.717, 1.165) is 22.0 Å². The third-order valence-corrected chi connectivity index (χ3v) is 4.22. The Bertz CT molecular complexity index is 535. The summed E-state index contributed by atoms with van der Waals surface area (Å²) < 4.78 is 0.960. The first kappa shape index (κ1) is 13.9. The fourth-order valence-corrected chi connectivity index (χ4v) is 2.98. The maximum Gasteiger partial charge on any atom is 0.0849 e. The fourth-order valence-electron chi connectivity index (χ4n) is 1.81. The van der Waals surface area contributed by atoms with Crippen molar-refractivity contribution in [3.8, 4) is 0 Å². The molecule has 0 nitrogen and oxygen atoms in total. The summed E-state index contributed by atoms with van der Waals surface area (Å²) in [5.41, 5.74) is 3.31. The molecule has 0 amide bonds. The molecule has 2 aromatic rings. The molecule has 0 N–H and O–H groups in total. The average molecular weight is 344 g/mol. The van der Waals surface area contributed by atoms with Crippen LogP contribution < -0.4 is 0 Å². The maximum atomic E-state index is 6.49. The van der Waals surface area contributed by atoms with E-state index in [4.69, 9.17) is 23.2 Å². The van der Waals surface area contributed by atoms with Crippen LogP contribution in [0.25, 0.3) is 0 Å². The summed E-state index contributed by atoms with van der Waals surface area (Å²) in [4.78, 5) is 0. The van der Waals surface area contributed by atoms with E-state index in [0.29, 0.717) is 5.02 Å². The van der Waals surface area contributed by atoms with Gasteiger partial charge < -0.3 is 0 Å². The van der Waals surface area contributed by atoms with Crippen LogP contribution in [0.15, 0.2) is 46.9 Å². The normalized spacial score (nSPS) is 12.4. The standard InChI is InChI=1S/C15H13BrCl2/c1-2-10-3-5-11(6-4-10)15(18)13-8-7-12(16)9-14(13)17/h3-9,15H,2H2,1H3. The fraction of sp³-hybridized carbons (Fsp3) is 0.200. The predicted octanol–water partition coefficient (Wildman–Crippen LogP) is 5.99. The second kappa shape index (κ2) is 6.10. The molecule has 0 heterocycles. The van der Waals surface area contributed by atoms with Crippen molar-refractivity contribution in [1.82, 2.24) is 0 Å².